The Morgan fingerprint density at radius 1 is 0.315 bits per heavy atom. The minimum Gasteiger partial charge on any atom is -0.467 e. The van der Waals surface area contributed by atoms with E-state index in [1.165, 1.54) is 168 Å². The van der Waals surface area contributed by atoms with Gasteiger partial charge in [-0.25, -0.2) is 9.59 Å². The lowest BCUT2D eigenvalue weighted by Gasteiger charge is -2.27. The van der Waals surface area contributed by atoms with Crippen LogP contribution in [0.15, 0.2) is 0 Å². The van der Waals surface area contributed by atoms with Crippen LogP contribution in [0.2, 0.25) is 0 Å². The Balaban J connectivity index is 6.24. The molecule has 430 valence electrons. The van der Waals surface area contributed by atoms with Gasteiger partial charge >= 0.3 is 12.1 Å². The van der Waals surface area contributed by atoms with Crippen molar-refractivity contribution >= 4 is 29.8 Å². The lowest BCUT2D eigenvalue weighted by atomic mass is 10.0. The number of ether oxygens (including phenoxy) is 2. The predicted molar refractivity (Wildman–Crippen MR) is 307 cm³/mol. The van der Waals surface area contributed by atoms with Crippen molar-refractivity contribution in [2.75, 3.05) is 7.11 Å². The van der Waals surface area contributed by atoms with Gasteiger partial charge in [-0.1, -0.05) is 285 Å². The minimum atomic E-state index is -0.914. The van der Waals surface area contributed by atoms with Gasteiger partial charge < -0.3 is 30.7 Å². The monoisotopic (exact) mass is 1030 g/mol. The van der Waals surface area contributed by atoms with Gasteiger partial charge in [-0.05, 0) is 46.5 Å². The van der Waals surface area contributed by atoms with Gasteiger partial charge in [0.1, 0.15) is 29.8 Å². The van der Waals surface area contributed by atoms with E-state index in [1.54, 1.807) is 20.8 Å². The molecule has 0 radical (unpaired) electrons. The maximum Gasteiger partial charge on any atom is 0.408 e. The van der Waals surface area contributed by atoms with Crippen LogP contribution < -0.4 is 21.3 Å². The second-order valence-electron chi connectivity index (χ2n) is 22.8. The summed E-state index contributed by atoms with van der Waals surface area (Å²) in [6.07, 6.45) is 47.0. The maximum absolute atomic E-state index is 14.6. The molecule has 0 aromatic heterocycles. The Morgan fingerprint density at radius 2 is 0.521 bits per heavy atom. The van der Waals surface area contributed by atoms with E-state index in [9.17, 15) is 24.0 Å². The molecule has 0 aromatic carbocycles. The normalized spacial score (nSPS) is 13.2. The van der Waals surface area contributed by atoms with Crippen molar-refractivity contribution < 1.29 is 33.4 Å². The molecule has 0 bridgehead atoms. The number of carbonyl (C=O) groups is 5. The van der Waals surface area contributed by atoms with Crippen LogP contribution >= 0.6 is 0 Å². The first kappa shape index (κ1) is 70.1. The minimum absolute atomic E-state index is 0.402. The zero-order valence-electron chi connectivity index (χ0n) is 49.3. The van der Waals surface area contributed by atoms with E-state index in [-0.39, 0.29) is 0 Å². The highest BCUT2D eigenvalue weighted by Crippen LogP contribution is 2.18. The average Bonchev–Trinajstić information content (AvgIpc) is 3.36. The molecule has 0 saturated heterocycles. The van der Waals surface area contributed by atoms with Gasteiger partial charge in [0.2, 0.25) is 17.7 Å². The van der Waals surface area contributed by atoms with E-state index >= 15 is 0 Å². The molecule has 0 aromatic rings. The zero-order valence-corrected chi connectivity index (χ0v) is 49.3. The molecule has 0 aliphatic heterocycles. The zero-order chi connectivity index (χ0) is 54.1. The van der Waals surface area contributed by atoms with Crippen LogP contribution in [-0.2, 0) is 28.7 Å². The maximum atomic E-state index is 14.6. The number of nitrogens with one attached hydrogen (secondary N) is 4. The first-order valence-corrected chi connectivity index (χ1v) is 31.3. The summed E-state index contributed by atoms with van der Waals surface area (Å²) >= 11 is 0. The van der Waals surface area contributed by atoms with Crippen LogP contribution in [0.25, 0.3) is 0 Å². The number of alkyl carbamates (subject to hydrolysis) is 1. The average molecular weight is 1030 g/mol. The summed E-state index contributed by atoms with van der Waals surface area (Å²) in [4.78, 5) is 69.5. The van der Waals surface area contributed by atoms with E-state index in [0.717, 1.165) is 96.3 Å². The first-order chi connectivity index (χ1) is 35.3. The quantitative estimate of drug-likeness (QED) is 0.0350. The smallest absolute Gasteiger partial charge is 0.408 e. The number of methoxy groups -OCH3 is 1. The molecule has 0 aliphatic rings. The summed E-state index contributed by atoms with van der Waals surface area (Å²) < 4.78 is 10.8. The van der Waals surface area contributed by atoms with Crippen molar-refractivity contribution in [3.63, 3.8) is 0 Å². The molecule has 11 heteroatoms. The van der Waals surface area contributed by atoms with Gasteiger partial charge in [0.15, 0.2) is 0 Å². The van der Waals surface area contributed by atoms with E-state index in [1.807, 2.05) is 0 Å². The van der Waals surface area contributed by atoms with Crippen molar-refractivity contribution in [2.24, 2.45) is 0 Å². The fourth-order valence-corrected chi connectivity index (χ4v) is 9.81. The molecule has 0 fully saturated rings. The Kier molecular flexibility index (Phi) is 48.0. The molecule has 4 atom stereocenters. The van der Waals surface area contributed by atoms with E-state index < -0.39 is 59.6 Å². The Hall–Kier alpha value is -2.85. The molecule has 0 spiro atoms. The number of unbranched alkanes of at least 4 members (excludes halogenated alkanes) is 36. The number of carbonyl (C=O) groups excluding carboxylic acids is 5. The Labute approximate surface area is 450 Å². The number of esters is 1. The molecule has 0 heterocycles. The number of hydrogen-bond donors (Lipinski definition) is 4. The highest BCUT2D eigenvalue weighted by molar-refractivity contribution is 5.94. The lowest BCUT2D eigenvalue weighted by molar-refractivity contribution is -0.145. The third kappa shape index (κ3) is 44.0. The first-order valence-electron chi connectivity index (χ1n) is 31.3. The summed E-state index contributed by atoms with van der Waals surface area (Å²) in [5.74, 6) is -1.73. The molecule has 11 nitrogen and oxygen atoms in total. The second kappa shape index (κ2) is 50.0. The summed E-state index contributed by atoms with van der Waals surface area (Å²) in [6, 6.07) is -3.50. The topological polar surface area (TPSA) is 152 Å². The molecular formula is C62H120N4O7. The molecular weight excluding hydrogens is 913 g/mol. The van der Waals surface area contributed by atoms with Gasteiger partial charge in [0, 0.05) is 0 Å². The standard InChI is InChI=1S/C62H120N4O7/c1-9-13-17-21-25-29-33-37-41-45-49-53(64-59(69)55(66-61(71)73-62(5,6)7)51-47-43-39-35-31-27-23-19-15-11-3)57(67)63-54(50-46-42-38-34-30-26-22-18-14-10-2)58(68)65-56(60(70)72-8)52-48-44-40-36-32-28-24-20-16-12-4/h53-56H,9-52H2,1-8H3,(H,63,67)(H,64,69)(H,65,68)(H,66,71). The van der Waals surface area contributed by atoms with E-state index in [0.29, 0.717) is 25.7 Å². The molecule has 0 rings (SSSR count). The van der Waals surface area contributed by atoms with Gasteiger partial charge in [0.05, 0.1) is 7.11 Å². The van der Waals surface area contributed by atoms with Gasteiger partial charge in [-0.15, -0.1) is 0 Å². The molecule has 73 heavy (non-hydrogen) atoms. The Morgan fingerprint density at radius 3 is 0.753 bits per heavy atom. The van der Waals surface area contributed by atoms with Gasteiger partial charge in [0.25, 0.3) is 0 Å². The van der Waals surface area contributed by atoms with Crippen molar-refractivity contribution in [1.82, 2.24) is 21.3 Å². The highest BCUT2D eigenvalue weighted by Gasteiger charge is 2.32. The van der Waals surface area contributed by atoms with Crippen molar-refractivity contribution in [3.8, 4) is 0 Å². The highest BCUT2D eigenvalue weighted by atomic mass is 16.6. The van der Waals surface area contributed by atoms with Crippen molar-refractivity contribution in [2.45, 2.75) is 361 Å². The fraction of sp³-hybridized carbons (Fsp3) is 0.919. The van der Waals surface area contributed by atoms with Crippen molar-refractivity contribution in [3.05, 3.63) is 0 Å². The molecule has 0 saturated carbocycles. The van der Waals surface area contributed by atoms with Crippen LogP contribution in [0, 0.1) is 0 Å². The number of rotatable bonds is 52. The van der Waals surface area contributed by atoms with Crippen LogP contribution in [0.1, 0.15) is 331 Å². The van der Waals surface area contributed by atoms with Crippen LogP contribution in [-0.4, -0.2) is 66.7 Å². The molecule has 4 unspecified atom stereocenters. The van der Waals surface area contributed by atoms with E-state index in [2.05, 4.69) is 49.0 Å². The second-order valence-corrected chi connectivity index (χ2v) is 22.8. The number of hydrogen-bond acceptors (Lipinski definition) is 7. The molecule has 4 N–H and O–H groups in total. The summed E-state index contributed by atoms with van der Waals surface area (Å²) in [5, 5.41) is 12.0. The van der Waals surface area contributed by atoms with Crippen LogP contribution in [0.3, 0.4) is 0 Å². The lowest BCUT2D eigenvalue weighted by Crippen LogP contribution is -2.58. The van der Waals surface area contributed by atoms with Crippen molar-refractivity contribution in [1.29, 1.82) is 0 Å². The fourth-order valence-electron chi connectivity index (χ4n) is 9.81. The van der Waals surface area contributed by atoms with E-state index in [4.69, 9.17) is 9.47 Å². The third-order valence-corrected chi connectivity index (χ3v) is 14.5. The molecule has 4 amide bonds. The SMILES string of the molecule is CCCCCCCCCCCCC(NC(=O)OC(C)(C)C)C(=O)NC(CCCCCCCCCCCC)C(=O)NC(CCCCCCCCCCCC)C(=O)NC(CCCCCCCCCCCC)C(=O)OC. The third-order valence-electron chi connectivity index (χ3n) is 14.5. The Bertz CT molecular complexity index is 1320. The van der Waals surface area contributed by atoms with Gasteiger partial charge in [-0.2, -0.15) is 0 Å². The number of amides is 4. The summed E-state index contributed by atoms with van der Waals surface area (Å²) in [7, 11) is 1.35. The van der Waals surface area contributed by atoms with Crippen LogP contribution in [0.4, 0.5) is 4.79 Å². The summed E-state index contributed by atoms with van der Waals surface area (Å²) in [5.41, 5.74) is -0.746. The predicted octanol–water partition coefficient (Wildman–Crippen LogP) is 16.8. The molecule has 0 aliphatic carbocycles. The van der Waals surface area contributed by atoms with Crippen LogP contribution in [0.5, 0.6) is 0 Å². The van der Waals surface area contributed by atoms with Gasteiger partial charge in [-0.3, -0.25) is 14.4 Å². The largest absolute Gasteiger partial charge is 0.467 e. The summed E-state index contributed by atoms with van der Waals surface area (Å²) in [6.45, 7) is 14.3.